The van der Waals surface area contributed by atoms with Crippen molar-refractivity contribution < 1.29 is 9.53 Å². The van der Waals surface area contributed by atoms with Crippen molar-refractivity contribution in [1.82, 2.24) is 14.9 Å². The largest absolute Gasteiger partial charge is 0.444 e. The van der Waals surface area contributed by atoms with Crippen LogP contribution < -0.4 is 4.90 Å². The van der Waals surface area contributed by atoms with Crippen molar-refractivity contribution in [1.29, 1.82) is 0 Å². The average Bonchev–Trinajstić information content (AvgIpc) is 3.10. The molecule has 0 spiro atoms. The molecule has 1 aromatic rings. The van der Waals surface area contributed by atoms with Crippen LogP contribution in [0.5, 0.6) is 0 Å². The maximum atomic E-state index is 12.6. The van der Waals surface area contributed by atoms with Crippen LogP contribution in [-0.2, 0) is 4.74 Å². The van der Waals surface area contributed by atoms with Gasteiger partial charge in [0.05, 0.1) is 11.7 Å². The molecule has 1 aliphatic carbocycles. The van der Waals surface area contributed by atoms with Crippen LogP contribution in [0.15, 0.2) is 6.07 Å². The highest BCUT2D eigenvalue weighted by atomic mass is 16.6. The van der Waals surface area contributed by atoms with E-state index < -0.39 is 5.60 Å². The first-order chi connectivity index (χ1) is 12.7. The first kappa shape index (κ1) is 19.9. The monoisotopic (exact) mass is 374 g/mol. The third kappa shape index (κ3) is 4.90. The molecule has 1 amide bonds. The minimum atomic E-state index is -0.488. The van der Waals surface area contributed by atoms with Gasteiger partial charge in [0.15, 0.2) is 0 Å². The lowest BCUT2D eigenvalue weighted by molar-refractivity contribution is 0.0221. The second-order valence-electron chi connectivity index (χ2n) is 8.93. The summed E-state index contributed by atoms with van der Waals surface area (Å²) in [5, 5.41) is 0. The smallest absolute Gasteiger partial charge is 0.410 e. The van der Waals surface area contributed by atoms with Crippen LogP contribution in [0.4, 0.5) is 10.6 Å². The van der Waals surface area contributed by atoms with E-state index in [1.165, 1.54) is 32.1 Å². The lowest BCUT2D eigenvalue weighted by Crippen LogP contribution is -2.37. The molecule has 6 heteroatoms. The number of hydrogen-bond acceptors (Lipinski definition) is 5. The minimum absolute atomic E-state index is 0.0277. The van der Waals surface area contributed by atoms with Crippen molar-refractivity contribution in [3.63, 3.8) is 0 Å². The molecular weight excluding hydrogens is 340 g/mol. The van der Waals surface area contributed by atoms with E-state index >= 15 is 0 Å². The molecule has 2 aliphatic rings. The number of ether oxygens (including phenoxy) is 1. The Kier molecular flexibility index (Phi) is 5.92. The predicted molar refractivity (Wildman–Crippen MR) is 107 cm³/mol. The number of nitrogens with zero attached hydrogens (tertiary/aromatic N) is 4. The van der Waals surface area contributed by atoms with Crippen LogP contribution in [0.3, 0.4) is 0 Å². The molecule has 0 radical (unpaired) electrons. The Hall–Kier alpha value is -1.85. The number of hydrogen-bond donors (Lipinski definition) is 0. The Labute approximate surface area is 163 Å². The Balaban J connectivity index is 1.81. The minimum Gasteiger partial charge on any atom is -0.444 e. The van der Waals surface area contributed by atoms with Crippen LogP contribution in [0.25, 0.3) is 0 Å². The zero-order valence-electron chi connectivity index (χ0n) is 17.5. The first-order valence-electron chi connectivity index (χ1n) is 10.3. The quantitative estimate of drug-likeness (QED) is 0.772. The second kappa shape index (κ2) is 8.03. The highest BCUT2D eigenvalue weighted by Crippen LogP contribution is 2.34. The maximum absolute atomic E-state index is 12.6. The van der Waals surface area contributed by atoms with Gasteiger partial charge in [0, 0.05) is 25.7 Å². The number of amides is 1. The molecule has 2 fully saturated rings. The normalized spacial score (nSPS) is 21.4. The van der Waals surface area contributed by atoms with Crippen LogP contribution in [-0.4, -0.2) is 46.2 Å². The summed E-state index contributed by atoms with van der Waals surface area (Å²) in [6.07, 6.45) is 8.02. The third-order valence-electron chi connectivity index (χ3n) is 5.55. The number of carbonyl (C=O) groups is 1. The molecule has 3 rings (SSSR count). The summed E-state index contributed by atoms with van der Waals surface area (Å²) < 4.78 is 5.61. The summed E-state index contributed by atoms with van der Waals surface area (Å²) in [5.74, 6) is 1.74. The zero-order valence-corrected chi connectivity index (χ0v) is 17.5. The highest BCUT2D eigenvalue weighted by Gasteiger charge is 2.34. The molecule has 6 nitrogen and oxygen atoms in total. The molecule has 1 aromatic heterocycles. The van der Waals surface area contributed by atoms with Crippen molar-refractivity contribution in [2.45, 2.75) is 90.3 Å². The van der Waals surface area contributed by atoms with Gasteiger partial charge >= 0.3 is 6.09 Å². The lowest BCUT2D eigenvalue weighted by atomic mass is 9.94. The van der Waals surface area contributed by atoms with Crippen LogP contribution in [0.1, 0.15) is 83.3 Å². The van der Waals surface area contributed by atoms with Gasteiger partial charge < -0.3 is 9.64 Å². The lowest BCUT2D eigenvalue weighted by Gasteiger charge is -2.33. The first-order valence-corrected chi connectivity index (χ1v) is 10.3. The SMILES string of the molecule is Cc1nc([C@H]2CCCN2C(=O)OC(C)(C)C)cc(N(C)C2CCCCC2)n1. The van der Waals surface area contributed by atoms with E-state index in [1.807, 2.05) is 32.6 Å². The number of likely N-dealkylation sites (tertiary alicyclic amines) is 1. The summed E-state index contributed by atoms with van der Waals surface area (Å²) in [5.41, 5.74) is 0.446. The number of aryl methyl sites for hydroxylation is 1. The zero-order chi connectivity index (χ0) is 19.6. The van der Waals surface area contributed by atoms with Gasteiger partial charge in [0.25, 0.3) is 0 Å². The Bertz CT molecular complexity index is 665. The van der Waals surface area contributed by atoms with Crippen LogP contribution in [0, 0.1) is 6.92 Å². The van der Waals surface area contributed by atoms with Gasteiger partial charge in [-0.1, -0.05) is 19.3 Å². The molecule has 1 aliphatic heterocycles. The fourth-order valence-corrected chi connectivity index (χ4v) is 4.19. The molecule has 0 unspecified atom stereocenters. The van der Waals surface area contributed by atoms with Gasteiger partial charge in [-0.25, -0.2) is 14.8 Å². The van der Waals surface area contributed by atoms with Crippen molar-refractivity contribution in [3.05, 3.63) is 17.6 Å². The van der Waals surface area contributed by atoms with Gasteiger partial charge in [-0.05, 0) is 53.4 Å². The second-order valence-corrected chi connectivity index (χ2v) is 8.93. The summed E-state index contributed by atoms with van der Waals surface area (Å²) in [7, 11) is 2.14. The number of aromatic nitrogens is 2. The van der Waals surface area contributed by atoms with Crippen molar-refractivity contribution in [2.75, 3.05) is 18.5 Å². The average molecular weight is 375 g/mol. The number of carbonyl (C=O) groups excluding carboxylic acids is 1. The summed E-state index contributed by atoms with van der Waals surface area (Å²) in [6.45, 7) is 8.37. The summed E-state index contributed by atoms with van der Waals surface area (Å²) in [4.78, 5) is 26.2. The van der Waals surface area contributed by atoms with Gasteiger partial charge in [-0.2, -0.15) is 0 Å². The van der Waals surface area contributed by atoms with Gasteiger partial charge in [-0.15, -0.1) is 0 Å². The number of rotatable bonds is 3. The molecule has 0 N–H and O–H groups in total. The molecule has 0 aromatic carbocycles. The Morgan fingerprint density at radius 3 is 2.52 bits per heavy atom. The molecule has 1 atom stereocenters. The van der Waals surface area contributed by atoms with Crippen molar-refractivity contribution >= 4 is 11.9 Å². The molecule has 27 heavy (non-hydrogen) atoms. The summed E-state index contributed by atoms with van der Waals surface area (Å²) in [6, 6.07) is 2.60. The molecule has 2 heterocycles. The fraction of sp³-hybridized carbons (Fsp3) is 0.762. The predicted octanol–water partition coefficient (Wildman–Crippen LogP) is 4.63. The summed E-state index contributed by atoms with van der Waals surface area (Å²) >= 11 is 0. The van der Waals surface area contributed by atoms with E-state index in [-0.39, 0.29) is 12.1 Å². The van der Waals surface area contributed by atoms with Crippen LogP contribution in [0.2, 0.25) is 0 Å². The molecule has 1 saturated carbocycles. The molecule has 0 bridgehead atoms. The topological polar surface area (TPSA) is 58.6 Å². The molecule has 150 valence electrons. The van der Waals surface area contributed by atoms with E-state index in [2.05, 4.69) is 28.0 Å². The van der Waals surface area contributed by atoms with E-state index in [4.69, 9.17) is 4.74 Å². The standard InChI is InChI=1S/C21H34N4O2/c1-15-22-17(14-19(23-15)24(5)16-10-7-6-8-11-16)18-12-9-13-25(18)20(26)27-21(2,3)4/h14,16,18H,6-13H2,1-5H3/t18-/m1/s1. The van der Waals surface area contributed by atoms with Crippen molar-refractivity contribution in [2.24, 2.45) is 0 Å². The Morgan fingerprint density at radius 2 is 1.85 bits per heavy atom. The Morgan fingerprint density at radius 1 is 1.15 bits per heavy atom. The maximum Gasteiger partial charge on any atom is 0.410 e. The van der Waals surface area contributed by atoms with E-state index in [9.17, 15) is 4.79 Å². The van der Waals surface area contributed by atoms with Gasteiger partial charge in [-0.3, -0.25) is 4.90 Å². The van der Waals surface area contributed by atoms with E-state index in [0.717, 1.165) is 36.7 Å². The highest BCUT2D eigenvalue weighted by molar-refractivity contribution is 5.69. The van der Waals surface area contributed by atoms with Crippen molar-refractivity contribution in [3.8, 4) is 0 Å². The van der Waals surface area contributed by atoms with Gasteiger partial charge in [0.2, 0.25) is 0 Å². The molecule has 1 saturated heterocycles. The van der Waals surface area contributed by atoms with E-state index in [0.29, 0.717) is 6.04 Å². The number of anilines is 1. The fourth-order valence-electron chi connectivity index (χ4n) is 4.19. The van der Waals surface area contributed by atoms with Gasteiger partial charge in [0.1, 0.15) is 17.2 Å². The van der Waals surface area contributed by atoms with E-state index in [1.54, 1.807) is 0 Å². The molecular formula is C21H34N4O2. The van der Waals surface area contributed by atoms with Crippen LogP contribution >= 0.6 is 0 Å². The third-order valence-corrected chi connectivity index (χ3v) is 5.55.